The second-order valence-corrected chi connectivity index (χ2v) is 8.95. The number of aldehydes is 2. The Labute approximate surface area is 219 Å². The van der Waals surface area contributed by atoms with Gasteiger partial charge in [-0.3, -0.25) is 14.4 Å². The third-order valence-electron chi connectivity index (χ3n) is 5.52. The Hall–Kier alpha value is -2.37. The number of ether oxygens (including phenoxy) is 4. The van der Waals surface area contributed by atoms with Crippen molar-refractivity contribution in [3.05, 3.63) is 0 Å². The summed E-state index contributed by atoms with van der Waals surface area (Å²) < 4.78 is 21.3. The van der Waals surface area contributed by atoms with Gasteiger partial charge >= 0.3 is 11.9 Å². The van der Waals surface area contributed by atoms with Gasteiger partial charge in [0.15, 0.2) is 0 Å². The maximum atomic E-state index is 12.7. The van der Waals surface area contributed by atoms with Crippen molar-refractivity contribution in [1.29, 1.82) is 0 Å². The largest absolute Gasteiger partial charge is 0.481 e. The fraction of sp³-hybridized carbons (Fsp3) is 0.808. The van der Waals surface area contributed by atoms with Gasteiger partial charge in [0.25, 0.3) is 0 Å². The predicted molar refractivity (Wildman–Crippen MR) is 135 cm³/mol. The van der Waals surface area contributed by atoms with Gasteiger partial charge in [-0.2, -0.15) is 0 Å². The maximum absolute atomic E-state index is 12.7. The predicted octanol–water partition coefficient (Wildman–Crippen LogP) is 2.62. The Kier molecular flexibility index (Phi) is 22.5. The first-order valence-corrected chi connectivity index (χ1v) is 13.1. The minimum absolute atomic E-state index is 0.0106. The van der Waals surface area contributed by atoms with Crippen molar-refractivity contribution in [2.75, 3.05) is 46.8 Å². The number of carboxylic acids is 1. The van der Waals surface area contributed by atoms with E-state index < -0.39 is 11.5 Å². The first-order chi connectivity index (χ1) is 17.9. The molecule has 0 bridgehead atoms. The number of esters is 1. The Morgan fingerprint density at radius 3 is 1.62 bits per heavy atom. The van der Waals surface area contributed by atoms with Gasteiger partial charge in [-0.25, -0.2) is 0 Å². The van der Waals surface area contributed by atoms with E-state index in [1.807, 2.05) is 0 Å². The molecule has 11 nitrogen and oxygen atoms in total. The molecule has 0 aliphatic rings. The number of carbonyl (C=O) groups excluding carboxylic acids is 4. The number of carboxylic acid groups (broad SMARTS) is 1. The van der Waals surface area contributed by atoms with Crippen LogP contribution in [0.5, 0.6) is 0 Å². The molecule has 37 heavy (non-hydrogen) atoms. The van der Waals surface area contributed by atoms with Crippen LogP contribution in [0, 0.1) is 0 Å². The first-order valence-electron chi connectivity index (χ1n) is 13.1. The van der Waals surface area contributed by atoms with E-state index in [1.54, 1.807) is 0 Å². The molecule has 0 radical (unpaired) electrons. The van der Waals surface area contributed by atoms with E-state index in [1.165, 1.54) is 7.11 Å². The highest BCUT2D eigenvalue weighted by Gasteiger charge is 2.33. The summed E-state index contributed by atoms with van der Waals surface area (Å²) in [6, 6.07) is 0. The number of hydrogen-bond donors (Lipinski definition) is 2. The summed E-state index contributed by atoms with van der Waals surface area (Å²) in [6.45, 7) is 0.260. The zero-order valence-corrected chi connectivity index (χ0v) is 22.2. The molecule has 0 saturated heterocycles. The van der Waals surface area contributed by atoms with Crippen LogP contribution >= 0.6 is 0 Å². The molecule has 1 amide bonds. The lowest BCUT2D eigenvalue weighted by Gasteiger charge is -2.34. The lowest BCUT2D eigenvalue weighted by Crippen LogP contribution is -2.58. The summed E-state index contributed by atoms with van der Waals surface area (Å²) >= 11 is 0. The van der Waals surface area contributed by atoms with Crippen LogP contribution < -0.4 is 5.32 Å². The number of amides is 1. The molecule has 0 fully saturated rings. The van der Waals surface area contributed by atoms with Crippen molar-refractivity contribution in [2.45, 2.75) is 89.0 Å². The van der Waals surface area contributed by atoms with Crippen LogP contribution in [0.1, 0.15) is 83.5 Å². The topological polar surface area (TPSA) is 155 Å². The van der Waals surface area contributed by atoms with Gasteiger partial charge in [-0.05, 0) is 12.8 Å². The van der Waals surface area contributed by atoms with Crippen molar-refractivity contribution in [3.63, 3.8) is 0 Å². The summed E-state index contributed by atoms with van der Waals surface area (Å²) in [7, 11) is 1.40. The number of rotatable bonds is 27. The van der Waals surface area contributed by atoms with Crippen LogP contribution in [0.15, 0.2) is 0 Å². The van der Waals surface area contributed by atoms with Crippen LogP contribution in [0.3, 0.4) is 0 Å². The van der Waals surface area contributed by atoms with Crippen molar-refractivity contribution in [2.24, 2.45) is 0 Å². The minimum Gasteiger partial charge on any atom is -0.481 e. The SMILES string of the molecule is COC(=O)CCCCCCCCCCC(=O)NC(COCCC=O)(COCCC=O)COCCC(=O)O. The Morgan fingerprint density at radius 1 is 0.703 bits per heavy atom. The molecule has 0 atom stereocenters. The van der Waals surface area contributed by atoms with Crippen LogP contribution in [0.4, 0.5) is 0 Å². The van der Waals surface area contributed by atoms with Crippen LogP contribution in [0.2, 0.25) is 0 Å². The fourth-order valence-corrected chi connectivity index (χ4v) is 3.53. The van der Waals surface area contributed by atoms with Gasteiger partial charge < -0.3 is 39.0 Å². The van der Waals surface area contributed by atoms with E-state index in [0.29, 0.717) is 19.3 Å². The molecule has 0 saturated carbocycles. The van der Waals surface area contributed by atoms with E-state index in [9.17, 15) is 24.0 Å². The van der Waals surface area contributed by atoms with Gasteiger partial charge in [0.1, 0.15) is 18.1 Å². The maximum Gasteiger partial charge on any atom is 0.305 e. The highest BCUT2D eigenvalue weighted by Crippen LogP contribution is 2.13. The number of carbonyl (C=O) groups is 5. The number of aliphatic carboxylic acids is 1. The lowest BCUT2D eigenvalue weighted by atomic mass is 10.0. The zero-order valence-electron chi connectivity index (χ0n) is 22.2. The smallest absolute Gasteiger partial charge is 0.305 e. The van der Waals surface area contributed by atoms with E-state index >= 15 is 0 Å². The van der Waals surface area contributed by atoms with E-state index in [2.05, 4.69) is 10.1 Å². The summed E-state index contributed by atoms with van der Waals surface area (Å²) in [5.41, 5.74) is -1.08. The number of unbranched alkanes of at least 4 members (excludes halogenated alkanes) is 7. The van der Waals surface area contributed by atoms with E-state index in [4.69, 9.17) is 19.3 Å². The van der Waals surface area contributed by atoms with Crippen LogP contribution in [-0.2, 0) is 42.9 Å². The molecular weight excluding hydrogens is 486 g/mol. The van der Waals surface area contributed by atoms with Crippen LogP contribution in [-0.4, -0.2) is 87.8 Å². The zero-order chi connectivity index (χ0) is 27.6. The van der Waals surface area contributed by atoms with Crippen LogP contribution in [0.25, 0.3) is 0 Å². The number of hydrogen-bond acceptors (Lipinski definition) is 9. The molecule has 0 aromatic heterocycles. The van der Waals surface area contributed by atoms with Crippen molar-refractivity contribution < 1.29 is 48.0 Å². The Balaban J connectivity index is 4.60. The Morgan fingerprint density at radius 2 is 1.16 bits per heavy atom. The molecule has 0 heterocycles. The molecule has 0 aromatic rings. The standard InChI is InChI=1S/C26H45NO10/c1-34-25(33)13-9-7-5-3-2-4-6-8-12-23(30)27-26(20-35-17-10-15-28,21-36-18-11-16-29)22-37-19-14-24(31)32/h15-16H,2-14,17-22H2,1H3,(H,27,30)(H,31,32). The van der Waals surface area contributed by atoms with E-state index in [0.717, 1.165) is 57.5 Å². The molecule has 2 N–H and O–H groups in total. The fourth-order valence-electron chi connectivity index (χ4n) is 3.53. The molecule has 11 heteroatoms. The average molecular weight is 532 g/mol. The van der Waals surface area contributed by atoms with Gasteiger partial charge in [0.05, 0.1) is 53.2 Å². The third-order valence-corrected chi connectivity index (χ3v) is 5.52. The molecule has 0 aliphatic heterocycles. The molecular formula is C26H45NO10. The number of nitrogens with one attached hydrogen (secondary N) is 1. The molecule has 0 unspecified atom stereocenters. The lowest BCUT2D eigenvalue weighted by molar-refractivity contribution is -0.141. The normalized spacial score (nSPS) is 11.2. The number of methoxy groups -OCH3 is 1. The van der Waals surface area contributed by atoms with E-state index in [-0.39, 0.29) is 70.8 Å². The van der Waals surface area contributed by atoms with Crippen molar-refractivity contribution >= 4 is 30.4 Å². The molecule has 214 valence electrons. The average Bonchev–Trinajstić information content (AvgIpc) is 2.88. The quantitative estimate of drug-likeness (QED) is 0.0918. The molecule has 0 aliphatic carbocycles. The first kappa shape index (κ1) is 34.6. The summed E-state index contributed by atoms with van der Waals surface area (Å²) in [6.07, 6.45) is 10.1. The van der Waals surface area contributed by atoms with Crippen molar-refractivity contribution in [1.82, 2.24) is 5.32 Å². The van der Waals surface area contributed by atoms with Gasteiger partial charge in [-0.1, -0.05) is 38.5 Å². The molecule has 0 aromatic carbocycles. The molecule has 0 spiro atoms. The summed E-state index contributed by atoms with van der Waals surface area (Å²) in [5, 5.41) is 11.8. The highest BCUT2D eigenvalue weighted by molar-refractivity contribution is 5.76. The second kappa shape index (κ2) is 24.0. The third kappa shape index (κ3) is 21.4. The monoisotopic (exact) mass is 531 g/mol. The van der Waals surface area contributed by atoms with Crippen molar-refractivity contribution in [3.8, 4) is 0 Å². The minimum atomic E-state index is -1.08. The highest BCUT2D eigenvalue weighted by atomic mass is 16.5. The second-order valence-electron chi connectivity index (χ2n) is 8.95. The van der Waals surface area contributed by atoms with Gasteiger partial charge in [-0.15, -0.1) is 0 Å². The summed E-state index contributed by atoms with van der Waals surface area (Å²) in [4.78, 5) is 55.9. The van der Waals surface area contributed by atoms with Gasteiger partial charge in [0.2, 0.25) is 5.91 Å². The Bertz CT molecular complexity index is 625. The van der Waals surface area contributed by atoms with Gasteiger partial charge in [0, 0.05) is 25.7 Å². The molecule has 0 rings (SSSR count). The summed E-state index contributed by atoms with van der Waals surface area (Å²) in [5.74, 6) is -1.38.